The lowest BCUT2D eigenvalue weighted by molar-refractivity contribution is 0.315. The summed E-state index contributed by atoms with van der Waals surface area (Å²) in [6.45, 7) is 4.53. The fraction of sp³-hybridized carbons (Fsp3) is 1.00. The van der Waals surface area contributed by atoms with Crippen LogP contribution in [0.2, 0.25) is 0 Å². The molecule has 1 rings (SSSR count). The first kappa shape index (κ1) is 9.11. The Bertz CT molecular complexity index is 161. The molecule has 1 aliphatic heterocycles. The molecule has 0 bridgehead atoms. The molecule has 4 heteroatoms. The summed E-state index contributed by atoms with van der Waals surface area (Å²) in [5.74, 6) is 0. The molecule has 0 radical (unpaired) electrons. The van der Waals surface area contributed by atoms with Crippen molar-refractivity contribution in [3.8, 4) is 0 Å². The van der Waals surface area contributed by atoms with Gasteiger partial charge in [-0.1, -0.05) is 13.8 Å². The molecule has 0 aliphatic carbocycles. The van der Waals surface area contributed by atoms with Crippen LogP contribution in [0.5, 0.6) is 0 Å². The SMILES string of the molecule is CCC(CC)(C1CO1)[P+](=O)O. The molecule has 1 fully saturated rings. The van der Waals surface area contributed by atoms with E-state index in [4.69, 9.17) is 9.63 Å². The second-order valence-corrected chi connectivity index (χ2v) is 4.34. The molecule has 1 heterocycles. The molecule has 0 aromatic heterocycles. The minimum absolute atomic E-state index is 0.0334. The van der Waals surface area contributed by atoms with Crippen LogP contribution >= 0.6 is 8.03 Å². The summed E-state index contributed by atoms with van der Waals surface area (Å²) in [6, 6.07) is 0. The first-order valence-electron chi connectivity index (χ1n) is 3.95. The highest BCUT2D eigenvalue weighted by atomic mass is 31.1. The molecule has 0 aromatic carbocycles. The van der Waals surface area contributed by atoms with E-state index in [9.17, 15) is 4.57 Å². The van der Waals surface area contributed by atoms with E-state index in [2.05, 4.69) is 0 Å². The van der Waals surface area contributed by atoms with Crippen molar-refractivity contribution in [1.29, 1.82) is 0 Å². The first-order valence-corrected chi connectivity index (χ1v) is 5.16. The lowest BCUT2D eigenvalue weighted by atomic mass is 9.99. The lowest BCUT2D eigenvalue weighted by Gasteiger charge is -2.14. The lowest BCUT2D eigenvalue weighted by Crippen LogP contribution is -2.29. The van der Waals surface area contributed by atoms with Crippen LogP contribution in [-0.2, 0) is 9.30 Å². The zero-order valence-electron chi connectivity index (χ0n) is 6.91. The number of rotatable bonds is 4. The van der Waals surface area contributed by atoms with Gasteiger partial charge in [0, 0.05) is 0 Å². The van der Waals surface area contributed by atoms with Gasteiger partial charge in [-0.15, -0.1) is 0 Å². The third-order valence-corrected chi connectivity index (χ3v) is 4.22. The molecule has 0 spiro atoms. The summed E-state index contributed by atoms with van der Waals surface area (Å²) in [5, 5.41) is -0.463. The van der Waals surface area contributed by atoms with Gasteiger partial charge < -0.3 is 4.74 Å². The van der Waals surface area contributed by atoms with Gasteiger partial charge in [0.15, 0.2) is 0 Å². The summed E-state index contributed by atoms with van der Waals surface area (Å²) in [6.07, 6.45) is 1.48. The zero-order valence-corrected chi connectivity index (χ0v) is 7.80. The van der Waals surface area contributed by atoms with E-state index in [0.29, 0.717) is 6.61 Å². The Hall–Kier alpha value is 0.0200. The van der Waals surface area contributed by atoms with E-state index in [1.807, 2.05) is 13.8 Å². The standard InChI is InChI=1S/C7H13O3P/c1-3-7(4-2,11(8)9)6-5-10-6/h6H,3-5H2,1-2H3/p+1. The van der Waals surface area contributed by atoms with Gasteiger partial charge in [0.1, 0.15) is 6.10 Å². The van der Waals surface area contributed by atoms with Crippen molar-refractivity contribution >= 4 is 8.03 Å². The molecule has 3 nitrogen and oxygen atoms in total. The third-order valence-electron chi connectivity index (χ3n) is 2.54. The molecular formula is C7H14O3P+. The highest BCUT2D eigenvalue weighted by molar-refractivity contribution is 7.40. The Morgan fingerprint density at radius 1 is 1.64 bits per heavy atom. The van der Waals surface area contributed by atoms with Crippen LogP contribution in [0.25, 0.3) is 0 Å². The van der Waals surface area contributed by atoms with Gasteiger partial charge in [-0.25, -0.2) is 0 Å². The summed E-state index contributed by atoms with van der Waals surface area (Å²) in [7, 11) is -2.10. The zero-order chi connectivity index (χ0) is 8.48. The van der Waals surface area contributed by atoms with Crippen LogP contribution in [0, 0.1) is 0 Å². The molecule has 64 valence electrons. The van der Waals surface area contributed by atoms with Gasteiger partial charge in [0.2, 0.25) is 5.16 Å². The summed E-state index contributed by atoms with van der Waals surface area (Å²) >= 11 is 0. The maximum Gasteiger partial charge on any atom is 0.514 e. The Morgan fingerprint density at radius 2 is 2.09 bits per heavy atom. The van der Waals surface area contributed by atoms with E-state index in [1.54, 1.807) is 0 Å². The van der Waals surface area contributed by atoms with Crippen molar-refractivity contribution in [3.63, 3.8) is 0 Å². The van der Waals surface area contributed by atoms with Crippen LogP contribution in [0.3, 0.4) is 0 Å². The monoisotopic (exact) mass is 177 g/mol. The van der Waals surface area contributed by atoms with E-state index in [1.165, 1.54) is 0 Å². The second kappa shape index (κ2) is 3.18. The molecule has 0 amide bonds. The van der Waals surface area contributed by atoms with Crippen LogP contribution in [0.1, 0.15) is 26.7 Å². The van der Waals surface area contributed by atoms with Crippen molar-refractivity contribution in [2.24, 2.45) is 0 Å². The molecule has 1 saturated heterocycles. The molecule has 0 saturated carbocycles. The number of hydrogen-bond donors (Lipinski definition) is 1. The van der Waals surface area contributed by atoms with Gasteiger partial charge in [-0.3, -0.25) is 0 Å². The van der Waals surface area contributed by atoms with E-state index in [0.717, 1.165) is 12.8 Å². The Morgan fingerprint density at radius 3 is 2.18 bits per heavy atom. The minimum Gasteiger partial charge on any atom is -0.368 e. The van der Waals surface area contributed by atoms with Crippen LogP contribution in [-0.4, -0.2) is 22.8 Å². The normalized spacial score (nSPS) is 25.0. The number of hydrogen-bond acceptors (Lipinski definition) is 2. The molecule has 0 aromatic rings. The van der Waals surface area contributed by atoms with E-state index >= 15 is 0 Å². The molecular weight excluding hydrogens is 163 g/mol. The summed E-state index contributed by atoms with van der Waals surface area (Å²) < 4.78 is 16.1. The first-order chi connectivity index (χ1) is 5.17. The maximum atomic E-state index is 11.0. The maximum absolute atomic E-state index is 11.0. The van der Waals surface area contributed by atoms with Crippen LogP contribution in [0.4, 0.5) is 0 Å². The van der Waals surface area contributed by atoms with E-state index in [-0.39, 0.29) is 6.10 Å². The average Bonchev–Trinajstić information content (AvgIpc) is 2.74. The van der Waals surface area contributed by atoms with Crippen molar-refractivity contribution in [2.45, 2.75) is 37.9 Å². The number of epoxide rings is 1. The van der Waals surface area contributed by atoms with Gasteiger partial charge in [0.05, 0.1) is 6.61 Å². The molecule has 2 unspecified atom stereocenters. The van der Waals surface area contributed by atoms with Gasteiger partial charge in [-0.05, 0) is 17.4 Å². The number of ether oxygens (including phenoxy) is 1. The Balaban J connectivity index is 2.73. The Kier molecular flexibility index (Phi) is 2.63. The second-order valence-electron chi connectivity index (χ2n) is 2.91. The van der Waals surface area contributed by atoms with Crippen molar-refractivity contribution in [1.82, 2.24) is 0 Å². The quantitative estimate of drug-likeness (QED) is 0.525. The predicted octanol–water partition coefficient (Wildman–Crippen LogP) is 1.68. The smallest absolute Gasteiger partial charge is 0.368 e. The van der Waals surface area contributed by atoms with Crippen molar-refractivity contribution < 1.29 is 14.2 Å². The van der Waals surface area contributed by atoms with Gasteiger partial charge in [-0.2, -0.15) is 4.89 Å². The predicted molar refractivity (Wildman–Crippen MR) is 42.9 cm³/mol. The van der Waals surface area contributed by atoms with Gasteiger partial charge >= 0.3 is 8.03 Å². The van der Waals surface area contributed by atoms with Crippen molar-refractivity contribution in [2.75, 3.05) is 6.61 Å². The van der Waals surface area contributed by atoms with Crippen LogP contribution in [0.15, 0.2) is 0 Å². The highest BCUT2D eigenvalue weighted by Gasteiger charge is 2.58. The molecule has 1 aliphatic rings. The average molecular weight is 177 g/mol. The van der Waals surface area contributed by atoms with Crippen LogP contribution < -0.4 is 0 Å². The fourth-order valence-electron chi connectivity index (χ4n) is 1.46. The fourth-order valence-corrected chi connectivity index (χ4v) is 2.39. The molecule has 1 N–H and O–H groups in total. The topological polar surface area (TPSA) is 49.8 Å². The third kappa shape index (κ3) is 1.46. The molecule has 11 heavy (non-hydrogen) atoms. The Labute approximate surface area is 67.6 Å². The largest absolute Gasteiger partial charge is 0.514 e. The van der Waals surface area contributed by atoms with Crippen molar-refractivity contribution in [3.05, 3.63) is 0 Å². The minimum atomic E-state index is -2.10. The van der Waals surface area contributed by atoms with E-state index < -0.39 is 13.2 Å². The molecule has 2 atom stereocenters. The van der Waals surface area contributed by atoms with Gasteiger partial charge in [0.25, 0.3) is 0 Å². The highest BCUT2D eigenvalue weighted by Crippen LogP contribution is 2.48. The summed E-state index contributed by atoms with van der Waals surface area (Å²) in [4.78, 5) is 9.10. The summed E-state index contributed by atoms with van der Waals surface area (Å²) in [5.41, 5.74) is 0.